The van der Waals surface area contributed by atoms with Crippen molar-refractivity contribution in [2.45, 2.75) is 41.0 Å². The Morgan fingerprint density at radius 3 is 2.00 bits per heavy atom. The molecule has 3 heteroatoms. The van der Waals surface area contributed by atoms with Gasteiger partial charge < -0.3 is 10.5 Å². The van der Waals surface area contributed by atoms with E-state index in [4.69, 9.17) is 10.5 Å². The molecule has 0 aliphatic carbocycles. The monoisotopic (exact) mass is 201 g/mol. The molecule has 14 heavy (non-hydrogen) atoms. The number of hydrogen-bond donors (Lipinski definition) is 1. The van der Waals surface area contributed by atoms with E-state index in [1.807, 2.05) is 13.8 Å². The first-order valence-corrected chi connectivity index (χ1v) is 4.98. The van der Waals surface area contributed by atoms with Crippen molar-refractivity contribution in [1.29, 1.82) is 0 Å². The highest BCUT2D eigenvalue weighted by atomic mass is 16.5. The lowest BCUT2D eigenvalue weighted by Gasteiger charge is -2.25. The van der Waals surface area contributed by atoms with Crippen LogP contribution in [-0.4, -0.2) is 19.1 Å². The van der Waals surface area contributed by atoms with Crippen LogP contribution >= 0.6 is 0 Å². The highest BCUT2D eigenvalue weighted by Gasteiger charge is 2.22. The average Bonchev–Trinajstić information content (AvgIpc) is 1.78. The van der Waals surface area contributed by atoms with Gasteiger partial charge >= 0.3 is 0 Å². The van der Waals surface area contributed by atoms with Crippen LogP contribution in [0.3, 0.4) is 0 Å². The summed E-state index contributed by atoms with van der Waals surface area (Å²) >= 11 is 0. The fourth-order valence-corrected chi connectivity index (χ4v) is 1.16. The lowest BCUT2D eigenvalue weighted by atomic mass is 9.90. The summed E-state index contributed by atoms with van der Waals surface area (Å²) in [5.74, 6) is -0.269. The number of hydrogen-bond acceptors (Lipinski definition) is 2. The highest BCUT2D eigenvalue weighted by Crippen LogP contribution is 2.22. The molecule has 0 saturated heterocycles. The summed E-state index contributed by atoms with van der Waals surface area (Å²) in [6.45, 7) is 11.6. The minimum absolute atomic E-state index is 0.156. The van der Waals surface area contributed by atoms with Crippen LogP contribution in [0.1, 0.15) is 41.0 Å². The molecule has 0 unspecified atom stereocenters. The molecule has 0 atom stereocenters. The number of rotatable bonds is 5. The van der Waals surface area contributed by atoms with Gasteiger partial charge in [-0.3, -0.25) is 4.79 Å². The van der Waals surface area contributed by atoms with E-state index in [2.05, 4.69) is 20.8 Å². The van der Waals surface area contributed by atoms with E-state index < -0.39 is 0 Å². The van der Waals surface area contributed by atoms with Crippen molar-refractivity contribution in [3.63, 3.8) is 0 Å². The summed E-state index contributed by atoms with van der Waals surface area (Å²) in [5, 5.41) is 0. The largest absolute Gasteiger partial charge is 0.380 e. The Morgan fingerprint density at radius 2 is 1.64 bits per heavy atom. The number of carbonyl (C=O) groups excluding carboxylic acids is 1. The molecule has 84 valence electrons. The quantitative estimate of drug-likeness (QED) is 0.739. The van der Waals surface area contributed by atoms with Gasteiger partial charge in [-0.05, 0) is 10.8 Å². The molecule has 0 radical (unpaired) electrons. The normalized spacial score (nSPS) is 12.9. The third-order valence-corrected chi connectivity index (χ3v) is 1.68. The van der Waals surface area contributed by atoms with Gasteiger partial charge in [0.15, 0.2) is 0 Å². The van der Waals surface area contributed by atoms with Gasteiger partial charge in [0.2, 0.25) is 5.91 Å². The molecule has 0 rings (SSSR count). The van der Waals surface area contributed by atoms with Crippen LogP contribution in [0, 0.1) is 10.8 Å². The molecule has 0 spiro atoms. The summed E-state index contributed by atoms with van der Waals surface area (Å²) in [6.07, 6.45) is 0.372. The first-order valence-electron chi connectivity index (χ1n) is 4.98. The number of nitrogens with two attached hydrogens (primary N) is 1. The van der Waals surface area contributed by atoms with E-state index >= 15 is 0 Å². The van der Waals surface area contributed by atoms with Crippen molar-refractivity contribution >= 4 is 5.91 Å². The summed E-state index contributed by atoms with van der Waals surface area (Å²) in [4.78, 5) is 10.7. The Morgan fingerprint density at radius 1 is 1.14 bits per heavy atom. The Hall–Kier alpha value is -0.570. The van der Waals surface area contributed by atoms with Crippen molar-refractivity contribution in [3.8, 4) is 0 Å². The van der Waals surface area contributed by atoms with Gasteiger partial charge in [-0.2, -0.15) is 0 Å². The van der Waals surface area contributed by atoms with E-state index in [9.17, 15) is 4.79 Å². The topological polar surface area (TPSA) is 52.3 Å². The molecule has 2 N–H and O–H groups in total. The molecule has 0 aliphatic rings. The van der Waals surface area contributed by atoms with Gasteiger partial charge in [0.05, 0.1) is 13.2 Å². The average molecular weight is 201 g/mol. The van der Waals surface area contributed by atoms with Crippen LogP contribution in [0.25, 0.3) is 0 Å². The highest BCUT2D eigenvalue weighted by molar-refractivity contribution is 5.74. The van der Waals surface area contributed by atoms with Gasteiger partial charge in [-0.15, -0.1) is 0 Å². The summed E-state index contributed by atoms with van der Waals surface area (Å²) in [5.41, 5.74) is 5.16. The van der Waals surface area contributed by atoms with Crippen molar-refractivity contribution < 1.29 is 9.53 Å². The molecule has 0 heterocycles. The lowest BCUT2D eigenvalue weighted by molar-refractivity contribution is -0.121. The first-order chi connectivity index (χ1) is 6.12. The number of primary amides is 1. The summed E-state index contributed by atoms with van der Waals surface area (Å²) < 4.78 is 5.56. The summed E-state index contributed by atoms with van der Waals surface area (Å²) in [7, 11) is 0. The van der Waals surface area contributed by atoms with Crippen molar-refractivity contribution in [2.75, 3.05) is 13.2 Å². The smallest absolute Gasteiger partial charge is 0.218 e. The molecule has 0 aliphatic heterocycles. The van der Waals surface area contributed by atoms with Crippen LogP contribution in [0.4, 0.5) is 0 Å². The molecular weight excluding hydrogens is 178 g/mol. The Kier molecular flexibility index (Phi) is 4.59. The van der Waals surface area contributed by atoms with E-state index in [0.717, 1.165) is 0 Å². The fraction of sp³-hybridized carbons (Fsp3) is 0.909. The maximum absolute atomic E-state index is 10.7. The van der Waals surface area contributed by atoms with Gasteiger partial charge in [0.1, 0.15) is 0 Å². The molecule has 0 aromatic carbocycles. The first kappa shape index (κ1) is 13.4. The second-order valence-electron chi connectivity index (χ2n) is 5.86. The van der Waals surface area contributed by atoms with Gasteiger partial charge in [-0.1, -0.05) is 34.6 Å². The Labute approximate surface area is 87.0 Å². The maximum atomic E-state index is 10.7. The minimum atomic E-state index is -0.269. The molecule has 3 nitrogen and oxygen atoms in total. The second-order valence-corrected chi connectivity index (χ2v) is 5.86. The lowest BCUT2D eigenvalue weighted by Crippen LogP contribution is -2.28. The predicted molar refractivity (Wildman–Crippen MR) is 57.9 cm³/mol. The van der Waals surface area contributed by atoms with Gasteiger partial charge in [0.25, 0.3) is 0 Å². The standard InChI is InChI=1S/C11H23NO2/c1-10(2,3)7-14-8-11(4,5)6-9(12)13/h6-8H2,1-5H3,(H2,12,13). The van der Waals surface area contributed by atoms with Crippen LogP contribution in [0.5, 0.6) is 0 Å². The number of amides is 1. The molecule has 0 bridgehead atoms. The van der Waals surface area contributed by atoms with Gasteiger partial charge in [0, 0.05) is 6.42 Å². The van der Waals surface area contributed by atoms with Crippen LogP contribution in [-0.2, 0) is 9.53 Å². The van der Waals surface area contributed by atoms with Crippen LogP contribution in [0.15, 0.2) is 0 Å². The van der Waals surface area contributed by atoms with Gasteiger partial charge in [-0.25, -0.2) is 0 Å². The van der Waals surface area contributed by atoms with Crippen molar-refractivity contribution in [2.24, 2.45) is 16.6 Å². The van der Waals surface area contributed by atoms with Crippen LogP contribution in [0.2, 0.25) is 0 Å². The van der Waals surface area contributed by atoms with E-state index in [0.29, 0.717) is 19.6 Å². The van der Waals surface area contributed by atoms with Crippen molar-refractivity contribution in [1.82, 2.24) is 0 Å². The van der Waals surface area contributed by atoms with Crippen LogP contribution < -0.4 is 5.73 Å². The minimum Gasteiger partial charge on any atom is -0.380 e. The van der Waals surface area contributed by atoms with E-state index in [1.54, 1.807) is 0 Å². The molecule has 0 fully saturated rings. The summed E-state index contributed by atoms with van der Waals surface area (Å²) in [6, 6.07) is 0. The molecule has 0 saturated carbocycles. The second kappa shape index (κ2) is 4.78. The Balaban J connectivity index is 3.82. The molecule has 1 amide bonds. The fourth-order valence-electron chi connectivity index (χ4n) is 1.16. The maximum Gasteiger partial charge on any atom is 0.218 e. The zero-order chi connectivity index (χ0) is 11.4. The van der Waals surface area contributed by atoms with Crippen molar-refractivity contribution in [3.05, 3.63) is 0 Å². The SMILES string of the molecule is CC(C)(C)COCC(C)(C)CC(N)=O. The molecule has 0 aromatic rings. The zero-order valence-electron chi connectivity index (χ0n) is 10.0. The zero-order valence-corrected chi connectivity index (χ0v) is 10.0. The molecule has 0 aromatic heterocycles. The van der Waals surface area contributed by atoms with E-state index in [1.165, 1.54) is 0 Å². The molecular formula is C11H23NO2. The third-order valence-electron chi connectivity index (χ3n) is 1.68. The number of carbonyl (C=O) groups is 1. The number of ether oxygens (including phenoxy) is 1. The van der Waals surface area contributed by atoms with E-state index in [-0.39, 0.29) is 16.7 Å². The predicted octanol–water partition coefficient (Wildman–Crippen LogP) is 1.95. The third kappa shape index (κ3) is 8.05. The Bertz CT molecular complexity index is 192.